The number of hydrogen-bond acceptors (Lipinski definition) is 3. The van der Waals surface area contributed by atoms with Crippen molar-refractivity contribution >= 4 is 11.8 Å². The van der Waals surface area contributed by atoms with Crippen LogP contribution in [0.1, 0.15) is 48.0 Å². The Bertz CT molecular complexity index is 173. The van der Waals surface area contributed by atoms with Gasteiger partial charge in [0.25, 0.3) is 0 Å². The van der Waals surface area contributed by atoms with Crippen LogP contribution in [-0.2, 0) is 0 Å². The van der Waals surface area contributed by atoms with Crippen LogP contribution in [0, 0.1) is 0 Å². The molecule has 0 saturated heterocycles. The third kappa shape index (κ3) is 7.20. The van der Waals surface area contributed by atoms with E-state index in [4.69, 9.17) is 0 Å². The molecule has 0 aliphatic carbocycles. The molecule has 2 atom stereocenters. The molecule has 0 bridgehead atoms. The Hall–Kier alpha value is 0.270. The second-order valence-corrected chi connectivity index (χ2v) is 7.39. The van der Waals surface area contributed by atoms with Gasteiger partial charge in [-0.15, -0.1) is 0 Å². The standard InChI is InChI=1S/C12H27NOS/c1-7-12(6,9-14)13-10(2)8-15-11(3,4)5/h10,13-14H,7-9H2,1-6H3. The first kappa shape index (κ1) is 15.3. The van der Waals surface area contributed by atoms with E-state index in [2.05, 4.69) is 46.9 Å². The van der Waals surface area contributed by atoms with Crippen LogP contribution in [0.2, 0.25) is 0 Å². The first-order valence-electron chi connectivity index (χ1n) is 5.75. The van der Waals surface area contributed by atoms with Gasteiger partial charge in [-0.05, 0) is 20.3 Å². The Morgan fingerprint density at radius 2 is 1.80 bits per heavy atom. The van der Waals surface area contributed by atoms with E-state index in [1.807, 2.05) is 11.8 Å². The highest BCUT2D eigenvalue weighted by atomic mass is 32.2. The summed E-state index contributed by atoms with van der Waals surface area (Å²) in [5.41, 5.74) is -0.127. The van der Waals surface area contributed by atoms with E-state index in [-0.39, 0.29) is 12.1 Å². The van der Waals surface area contributed by atoms with Crippen molar-refractivity contribution in [3.63, 3.8) is 0 Å². The largest absolute Gasteiger partial charge is 0.394 e. The zero-order valence-electron chi connectivity index (χ0n) is 11.1. The summed E-state index contributed by atoms with van der Waals surface area (Å²) in [6.07, 6.45) is 0.952. The second kappa shape index (κ2) is 6.12. The SMILES string of the molecule is CCC(C)(CO)NC(C)CSC(C)(C)C. The van der Waals surface area contributed by atoms with Crippen molar-refractivity contribution in [2.24, 2.45) is 0 Å². The molecule has 2 N–H and O–H groups in total. The van der Waals surface area contributed by atoms with Crippen molar-refractivity contribution in [2.75, 3.05) is 12.4 Å². The van der Waals surface area contributed by atoms with Gasteiger partial charge in [0.2, 0.25) is 0 Å². The first-order chi connectivity index (χ1) is 6.72. The molecule has 0 aromatic carbocycles. The van der Waals surface area contributed by atoms with E-state index in [9.17, 15) is 5.11 Å². The molecule has 0 aromatic heterocycles. The molecule has 15 heavy (non-hydrogen) atoms. The Balaban J connectivity index is 3.97. The topological polar surface area (TPSA) is 32.3 Å². The molecule has 0 aromatic rings. The third-order valence-corrected chi connectivity index (χ3v) is 4.02. The molecule has 0 saturated carbocycles. The van der Waals surface area contributed by atoms with Gasteiger partial charge in [-0.1, -0.05) is 27.7 Å². The number of hydrogen-bond donors (Lipinski definition) is 2. The molecular formula is C12H27NOS. The van der Waals surface area contributed by atoms with Crippen LogP contribution in [-0.4, -0.2) is 33.8 Å². The lowest BCUT2D eigenvalue weighted by Crippen LogP contribution is -2.50. The van der Waals surface area contributed by atoms with E-state index in [0.717, 1.165) is 12.2 Å². The number of aliphatic hydroxyl groups excluding tert-OH is 1. The highest BCUT2D eigenvalue weighted by Crippen LogP contribution is 2.24. The van der Waals surface area contributed by atoms with Gasteiger partial charge in [0.15, 0.2) is 0 Å². The zero-order chi connectivity index (χ0) is 12.1. The summed E-state index contributed by atoms with van der Waals surface area (Å²) in [6.45, 7) is 13.3. The normalized spacial score (nSPS) is 18.6. The van der Waals surface area contributed by atoms with E-state index in [0.29, 0.717) is 10.8 Å². The van der Waals surface area contributed by atoms with E-state index in [1.54, 1.807) is 0 Å². The molecule has 2 nitrogen and oxygen atoms in total. The van der Waals surface area contributed by atoms with Gasteiger partial charge in [-0.3, -0.25) is 0 Å². The van der Waals surface area contributed by atoms with Crippen LogP contribution in [0.4, 0.5) is 0 Å². The fourth-order valence-corrected chi connectivity index (χ4v) is 2.10. The van der Waals surface area contributed by atoms with Gasteiger partial charge >= 0.3 is 0 Å². The lowest BCUT2D eigenvalue weighted by atomic mass is 9.99. The molecule has 0 aliphatic heterocycles. The fourth-order valence-electron chi connectivity index (χ4n) is 1.27. The molecule has 0 rings (SSSR count). The Morgan fingerprint density at radius 1 is 1.27 bits per heavy atom. The molecule has 0 amide bonds. The van der Waals surface area contributed by atoms with E-state index < -0.39 is 0 Å². The highest BCUT2D eigenvalue weighted by molar-refractivity contribution is 8.00. The van der Waals surface area contributed by atoms with Crippen molar-refractivity contribution in [2.45, 2.75) is 64.3 Å². The number of aliphatic hydroxyl groups is 1. The summed E-state index contributed by atoms with van der Waals surface area (Å²) in [6, 6.07) is 0.436. The Morgan fingerprint density at radius 3 is 2.13 bits per heavy atom. The van der Waals surface area contributed by atoms with E-state index >= 15 is 0 Å². The summed E-state index contributed by atoms with van der Waals surface area (Å²) < 4.78 is 0.317. The predicted molar refractivity (Wildman–Crippen MR) is 70.6 cm³/mol. The number of nitrogens with one attached hydrogen (secondary N) is 1. The summed E-state index contributed by atoms with van der Waals surface area (Å²) in [5.74, 6) is 1.08. The third-order valence-electron chi connectivity index (χ3n) is 2.49. The first-order valence-corrected chi connectivity index (χ1v) is 6.73. The molecule has 3 heteroatoms. The van der Waals surface area contributed by atoms with Crippen LogP contribution >= 0.6 is 11.8 Å². The quantitative estimate of drug-likeness (QED) is 0.740. The number of rotatable bonds is 6. The molecule has 0 fully saturated rings. The van der Waals surface area contributed by atoms with Crippen molar-refractivity contribution in [3.05, 3.63) is 0 Å². The van der Waals surface area contributed by atoms with Crippen LogP contribution in [0.5, 0.6) is 0 Å². The summed E-state index contributed by atoms with van der Waals surface area (Å²) in [7, 11) is 0. The van der Waals surface area contributed by atoms with Gasteiger partial charge < -0.3 is 10.4 Å². The minimum absolute atomic E-state index is 0.127. The van der Waals surface area contributed by atoms with Crippen LogP contribution in [0.15, 0.2) is 0 Å². The molecule has 2 unspecified atom stereocenters. The molecular weight excluding hydrogens is 206 g/mol. The highest BCUT2D eigenvalue weighted by Gasteiger charge is 2.23. The summed E-state index contributed by atoms with van der Waals surface area (Å²) in [4.78, 5) is 0. The lowest BCUT2D eigenvalue weighted by molar-refractivity contribution is 0.162. The van der Waals surface area contributed by atoms with Crippen LogP contribution in [0.25, 0.3) is 0 Å². The minimum Gasteiger partial charge on any atom is -0.394 e. The maximum atomic E-state index is 9.29. The Kier molecular flexibility index (Phi) is 6.23. The summed E-state index contributed by atoms with van der Waals surface area (Å²) in [5, 5.41) is 12.8. The molecule has 0 radical (unpaired) electrons. The second-order valence-electron chi connectivity index (χ2n) is 5.54. The minimum atomic E-state index is -0.127. The van der Waals surface area contributed by atoms with Crippen molar-refractivity contribution in [3.8, 4) is 0 Å². The van der Waals surface area contributed by atoms with Crippen molar-refractivity contribution in [1.82, 2.24) is 5.32 Å². The molecule has 0 heterocycles. The maximum absolute atomic E-state index is 9.29. The average molecular weight is 233 g/mol. The van der Waals surface area contributed by atoms with Crippen molar-refractivity contribution < 1.29 is 5.11 Å². The van der Waals surface area contributed by atoms with Gasteiger partial charge in [-0.2, -0.15) is 11.8 Å². The smallest absolute Gasteiger partial charge is 0.0610 e. The van der Waals surface area contributed by atoms with Gasteiger partial charge in [0.05, 0.1) is 6.61 Å². The van der Waals surface area contributed by atoms with Gasteiger partial charge in [0, 0.05) is 22.1 Å². The lowest BCUT2D eigenvalue weighted by Gasteiger charge is -2.32. The van der Waals surface area contributed by atoms with E-state index in [1.165, 1.54) is 0 Å². The van der Waals surface area contributed by atoms with Gasteiger partial charge in [0.1, 0.15) is 0 Å². The fraction of sp³-hybridized carbons (Fsp3) is 1.00. The predicted octanol–water partition coefficient (Wildman–Crippen LogP) is 2.66. The average Bonchev–Trinajstić information content (AvgIpc) is 2.13. The van der Waals surface area contributed by atoms with Crippen LogP contribution in [0.3, 0.4) is 0 Å². The Labute approximate surface area is 99.2 Å². The van der Waals surface area contributed by atoms with Crippen LogP contribution < -0.4 is 5.32 Å². The zero-order valence-corrected chi connectivity index (χ0v) is 11.9. The maximum Gasteiger partial charge on any atom is 0.0610 e. The molecule has 0 aliphatic rings. The summed E-state index contributed by atoms with van der Waals surface area (Å²) >= 11 is 1.96. The number of thioether (sulfide) groups is 1. The molecule has 0 spiro atoms. The van der Waals surface area contributed by atoms with Crippen molar-refractivity contribution in [1.29, 1.82) is 0 Å². The monoisotopic (exact) mass is 233 g/mol. The van der Waals surface area contributed by atoms with Gasteiger partial charge in [-0.25, -0.2) is 0 Å². The molecule has 92 valence electrons.